The Morgan fingerprint density at radius 3 is 2.69 bits per heavy atom. The summed E-state index contributed by atoms with van der Waals surface area (Å²) < 4.78 is 13.4. The first-order valence-corrected chi connectivity index (χ1v) is 5.99. The molecule has 1 aliphatic heterocycles. The first kappa shape index (κ1) is 11.4. The number of rotatable bonds is 3. The van der Waals surface area contributed by atoms with Crippen molar-refractivity contribution in [2.75, 3.05) is 18.4 Å². The highest BCUT2D eigenvalue weighted by Crippen LogP contribution is 2.21. The van der Waals surface area contributed by atoms with Gasteiger partial charge in [-0.1, -0.05) is 12.1 Å². The van der Waals surface area contributed by atoms with E-state index in [2.05, 4.69) is 17.6 Å². The first-order valence-electron chi connectivity index (χ1n) is 5.99. The molecule has 16 heavy (non-hydrogen) atoms. The molecule has 1 fully saturated rings. The van der Waals surface area contributed by atoms with Crippen LogP contribution in [0.5, 0.6) is 0 Å². The summed E-state index contributed by atoms with van der Waals surface area (Å²) in [6.07, 6.45) is 2.34. The lowest BCUT2D eigenvalue weighted by molar-refractivity contribution is 0.342. The van der Waals surface area contributed by atoms with E-state index in [-0.39, 0.29) is 5.82 Å². The van der Waals surface area contributed by atoms with Gasteiger partial charge in [-0.05, 0) is 50.9 Å². The molecule has 0 saturated carbocycles. The Morgan fingerprint density at radius 2 is 2.00 bits per heavy atom. The van der Waals surface area contributed by atoms with Crippen LogP contribution in [0.4, 0.5) is 10.1 Å². The van der Waals surface area contributed by atoms with Gasteiger partial charge < -0.3 is 10.6 Å². The average molecular weight is 222 g/mol. The lowest BCUT2D eigenvalue weighted by atomic mass is 9.91. The van der Waals surface area contributed by atoms with Crippen molar-refractivity contribution in [3.05, 3.63) is 30.1 Å². The topological polar surface area (TPSA) is 24.1 Å². The Labute approximate surface area is 96.2 Å². The van der Waals surface area contributed by atoms with Crippen molar-refractivity contribution in [2.45, 2.75) is 25.8 Å². The third kappa shape index (κ3) is 2.73. The molecule has 2 N–H and O–H groups in total. The Bertz CT molecular complexity index is 334. The number of hydrogen-bond acceptors (Lipinski definition) is 2. The molecule has 2 rings (SSSR count). The van der Waals surface area contributed by atoms with Crippen molar-refractivity contribution >= 4 is 5.69 Å². The number of halogens is 1. The van der Waals surface area contributed by atoms with Gasteiger partial charge in [0.25, 0.3) is 0 Å². The number of benzene rings is 1. The highest BCUT2D eigenvalue weighted by Gasteiger charge is 2.20. The fourth-order valence-electron chi connectivity index (χ4n) is 2.29. The summed E-state index contributed by atoms with van der Waals surface area (Å²) in [5, 5.41) is 6.62. The Kier molecular flexibility index (Phi) is 3.78. The van der Waals surface area contributed by atoms with Gasteiger partial charge in [-0.25, -0.2) is 4.39 Å². The molecule has 2 nitrogen and oxygen atoms in total. The van der Waals surface area contributed by atoms with E-state index in [9.17, 15) is 4.39 Å². The van der Waals surface area contributed by atoms with E-state index in [1.165, 1.54) is 18.9 Å². The van der Waals surface area contributed by atoms with E-state index in [0.29, 0.717) is 17.6 Å². The molecule has 88 valence electrons. The Morgan fingerprint density at radius 1 is 1.31 bits per heavy atom. The fourth-order valence-corrected chi connectivity index (χ4v) is 2.29. The third-order valence-electron chi connectivity index (χ3n) is 3.35. The average Bonchev–Trinajstić information content (AvgIpc) is 2.33. The molecule has 1 unspecified atom stereocenters. The van der Waals surface area contributed by atoms with Crippen LogP contribution >= 0.6 is 0 Å². The maximum Gasteiger partial charge on any atom is 0.146 e. The maximum atomic E-state index is 13.4. The van der Waals surface area contributed by atoms with Crippen LogP contribution in [0, 0.1) is 11.7 Å². The zero-order valence-electron chi connectivity index (χ0n) is 9.67. The molecule has 1 heterocycles. The van der Waals surface area contributed by atoms with Crippen LogP contribution in [-0.2, 0) is 0 Å². The third-order valence-corrected chi connectivity index (χ3v) is 3.35. The number of anilines is 1. The largest absolute Gasteiger partial charge is 0.380 e. The van der Waals surface area contributed by atoms with Gasteiger partial charge in [0.2, 0.25) is 0 Å². The fraction of sp³-hybridized carbons (Fsp3) is 0.538. The summed E-state index contributed by atoms with van der Waals surface area (Å²) in [5.41, 5.74) is 0.619. The molecule has 0 amide bonds. The second kappa shape index (κ2) is 5.30. The van der Waals surface area contributed by atoms with Crippen molar-refractivity contribution < 1.29 is 4.39 Å². The molecule has 1 aromatic rings. The number of piperidine rings is 1. The molecule has 1 atom stereocenters. The molecule has 0 aromatic heterocycles. The van der Waals surface area contributed by atoms with E-state index < -0.39 is 0 Å². The highest BCUT2D eigenvalue weighted by molar-refractivity contribution is 5.45. The smallest absolute Gasteiger partial charge is 0.146 e. The second-order valence-electron chi connectivity index (χ2n) is 4.50. The van der Waals surface area contributed by atoms with Gasteiger partial charge in [0.15, 0.2) is 0 Å². The molecule has 0 bridgehead atoms. The van der Waals surface area contributed by atoms with Gasteiger partial charge in [0.05, 0.1) is 5.69 Å². The number of nitrogens with one attached hydrogen (secondary N) is 2. The van der Waals surface area contributed by atoms with Crippen LogP contribution < -0.4 is 10.6 Å². The van der Waals surface area contributed by atoms with Gasteiger partial charge in [-0.3, -0.25) is 0 Å². The molecular formula is C13H19FN2. The van der Waals surface area contributed by atoms with Crippen molar-refractivity contribution in [3.8, 4) is 0 Å². The van der Waals surface area contributed by atoms with Crippen LogP contribution in [0.2, 0.25) is 0 Å². The Hall–Kier alpha value is -1.09. The minimum atomic E-state index is -0.164. The van der Waals surface area contributed by atoms with Gasteiger partial charge in [0.1, 0.15) is 5.82 Å². The maximum absolute atomic E-state index is 13.4. The van der Waals surface area contributed by atoms with Crippen molar-refractivity contribution in [1.82, 2.24) is 5.32 Å². The van der Waals surface area contributed by atoms with E-state index in [0.717, 1.165) is 13.1 Å². The SMILES string of the molecule is CC(Nc1ccccc1F)C1CCNCC1. The molecule has 1 aliphatic rings. The standard InChI is InChI=1S/C13H19FN2/c1-10(11-6-8-15-9-7-11)16-13-5-3-2-4-12(13)14/h2-5,10-11,15-16H,6-9H2,1H3. The lowest BCUT2D eigenvalue weighted by Crippen LogP contribution is -2.36. The highest BCUT2D eigenvalue weighted by atomic mass is 19.1. The molecule has 3 heteroatoms. The van der Waals surface area contributed by atoms with Crippen molar-refractivity contribution in [1.29, 1.82) is 0 Å². The summed E-state index contributed by atoms with van der Waals surface area (Å²) >= 11 is 0. The van der Waals surface area contributed by atoms with E-state index in [4.69, 9.17) is 0 Å². The number of para-hydroxylation sites is 1. The minimum Gasteiger partial charge on any atom is -0.380 e. The molecule has 0 aliphatic carbocycles. The Balaban J connectivity index is 1.96. The first-order chi connectivity index (χ1) is 7.77. The van der Waals surface area contributed by atoms with Crippen LogP contribution in [0.1, 0.15) is 19.8 Å². The van der Waals surface area contributed by atoms with Crippen LogP contribution in [0.25, 0.3) is 0 Å². The predicted molar refractivity (Wildman–Crippen MR) is 65.1 cm³/mol. The summed E-state index contributed by atoms with van der Waals surface area (Å²) in [4.78, 5) is 0. The second-order valence-corrected chi connectivity index (χ2v) is 4.50. The van der Waals surface area contributed by atoms with Crippen LogP contribution in [0.3, 0.4) is 0 Å². The summed E-state index contributed by atoms with van der Waals surface area (Å²) in [7, 11) is 0. The van der Waals surface area contributed by atoms with E-state index in [1.807, 2.05) is 6.07 Å². The molecule has 0 spiro atoms. The van der Waals surface area contributed by atoms with E-state index >= 15 is 0 Å². The summed E-state index contributed by atoms with van der Waals surface area (Å²) in [6, 6.07) is 7.21. The van der Waals surface area contributed by atoms with Crippen LogP contribution in [-0.4, -0.2) is 19.1 Å². The number of hydrogen-bond donors (Lipinski definition) is 2. The quantitative estimate of drug-likeness (QED) is 0.821. The van der Waals surface area contributed by atoms with Crippen LogP contribution in [0.15, 0.2) is 24.3 Å². The summed E-state index contributed by atoms with van der Waals surface area (Å²) in [5.74, 6) is 0.476. The van der Waals surface area contributed by atoms with Crippen molar-refractivity contribution in [2.24, 2.45) is 5.92 Å². The minimum absolute atomic E-state index is 0.164. The zero-order chi connectivity index (χ0) is 11.4. The van der Waals surface area contributed by atoms with Gasteiger partial charge in [0, 0.05) is 6.04 Å². The van der Waals surface area contributed by atoms with Gasteiger partial charge in [-0.15, -0.1) is 0 Å². The van der Waals surface area contributed by atoms with E-state index in [1.54, 1.807) is 12.1 Å². The molecular weight excluding hydrogens is 203 g/mol. The molecule has 1 aromatic carbocycles. The van der Waals surface area contributed by atoms with Gasteiger partial charge >= 0.3 is 0 Å². The lowest BCUT2D eigenvalue weighted by Gasteiger charge is -2.29. The summed E-state index contributed by atoms with van der Waals surface area (Å²) in [6.45, 7) is 4.30. The predicted octanol–water partition coefficient (Wildman–Crippen LogP) is 2.63. The van der Waals surface area contributed by atoms with Gasteiger partial charge in [-0.2, -0.15) is 0 Å². The molecule has 1 saturated heterocycles. The molecule has 0 radical (unpaired) electrons. The van der Waals surface area contributed by atoms with Crippen molar-refractivity contribution in [3.63, 3.8) is 0 Å². The zero-order valence-corrected chi connectivity index (χ0v) is 9.67. The monoisotopic (exact) mass is 222 g/mol. The normalized spacial score (nSPS) is 19.4.